The van der Waals surface area contributed by atoms with Gasteiger partial charge < -0.3 is 23.7 Å². The van der Waals surface area contributed by atoms with Crippen LogP contribution in [0.25, 0.3) is 0 Å². The van der Waals surface area contributed by atoms with Crippen LogP contribution in [-0.4, -0.2) is 65.6 Å². The van der Waals surface area contributed by atoms with E-state index < -0.39 is 39.6 Å². The number of carbonyl (C=O) groups excluding carboxylic acids is 1. The standard InChI is InChI=1S/C24H38O9S/c1-17-10-12-18(13-11-17)34(26,27)31-15-20-21(33-24(5,6)32-20)19(30-16-28-7)9-8-14-29-22(25)23(2,3)4/h10-13,19-21H,8-9,14-16H2,1-7H3/t19-,20-,21+/m1/s1. The lowest BCUT2D eigenvalue weighted by Gasteiger charge is -2.26. The summed E-state index contributed by atoms with van der Waals surface area (Å²) in [5.41, 5.74) is 0.364. The molecule has 0 radical (unpaired) electrons. The van der Waals surface area contributed by atoms with Crippen LogP contribution in [0.3, 0.4) is 0 Å². The van der Waals surface area contributed by atoms with Gasteiger partial charge in [-0.25, -0.2) is 0 Å². The first-order valence-corrected chi connectivity index (χ1v) is 12.8. The molecule has 0 saturated carbocycles. The Morgan fingerprint density at radius 1 is 1.15 bits per heavy atom. The van der Waals surface area contributed by atoms with Crippen LogP contribution in [0.15, 0.2) is 29.2 Å². The van der Waals surface area contributed by atoms with E-state index >= 15 is 0 Å². The second kappa shape index (κ2) is 11.9. The van der Waals surface area contributed by atoms with Crippen molar-refractivity contribution in [1.82, 2.24) is 0 Å². The summed E-state index contributed by atoms with van der Waals surface area (Å²) >= 11 is 0. The topological polar surface area (TPSA) is 107 Å². The predicted octanol–water partition coefficient (Wildman–Crippen LogP) is 3.58. The normalized spacial score (nSPS) is 21.4. The van der Waals surface area contributed by atoms with Gasteiger partial charge in [0.15, 0.2) is 5.79 Å². The van der Waals surface area contributed by atoms with Crippen LogP contribution < -0.4 is 0 Å². The third-order valence-electron chi connectivity index (χ3n) is 5.16. The van der Waals surface area contributed by atoms with Crippen LogP contribution in [0.5, 0.6) is 0 Å². The molecule has 1 heterocycles. The van der Waals surface area contributed by atoms with Crippen molar-refractivity contribution in [2.75, 3.05) is 27.1 Å². The number of rotatable bonds is 12. The van der Waals surface area contributed by atoms with Gasteiger partial charge in [0.1, 0.15) is 19.0 Å². The van der Waals surface area contributed by atoms with Gasteiger partial charge in [-0.1, -0.05) is 17.7 Å². The van der Waals surface area contributed by atoms with E-state index in [-0.39, 0.29) is 30.9 Å². The van der Waals surface area contributed by atoms with Crippen molar-refractivity contribution in [3.05, 3.63) is 29.8 Å². The van der Waals surface area contributed by atoms with Crippen LogP contribution in [0, 0.1) is 12.3 Å². The predicted molar refractivity (Wildman–Crippen MR) is 125 cm³/mol. The summed E-state index contributed by atoms with van der Waals surface area (Å²) in [6.07, 6.45) is -0.811. The van der Waals surface area contributed by atoms with Crippen LogP contribution in [0.2, 0.25) is 0 Å². The minimum absolute atomic E-state index is 0.0158. The number of hydrogen-bond acceptors (Lipinski definition) is 9. The Morgan fingerprint density at radius 3 is 2.38 bits per heavy atom. The van der Waals surface area contributed by atoms with Gasteiger partial charge in [-0.05, 0) is 66.5 Å². The second-order valence-electron chi connectivity index (χ2n) is 9.83. The van der Waals surface area contributed by atoms with Crippen LogP contribution in [0.1, 0.15) is 53.0 Å². The zero-order valence-electron chi connectivity index (χ0n) is 21.2. The van der Waals surface area contributed by atoms with Gasteiger partial charge >= 0.3 is 5.97 Å². The molecule has 10 heteroatoms. The molecule has 3 atom stereocenters. The van der Waals surface area contributed by atoms with Crippen LogP contribution >= 0.6 is 0 Å². The highest BCUT2D eigenvalue weighted by Gasteiger charge is 2.46. The average molecular weight is 503 g/mol. The smallest absolute Gasteiger partial charge is 0.311 e. The highest BCUT2D eigenvalue weighted by atomic mass is 32.2. The molecule has 34 heavy (non-hydrogen) atoms. The van der Waals surface area contributed by atoms with E-state index in [9.17, 15) is 13.2 Å². The monoisotopic (exact) mass is 502 g/mol. The molecule has 9 nitrogen and oxygen atoms in total. The molecule has 1 aromatic carbocycles. The SMILES string of the molecule is COCO[C@H](CCCOC(=O)C(C)(C)C)[C@@H]1OC(C)(C)O[C@@H]1COS(=O)(=O)c1ccc(C)cc1. The molecule has 1 saturated heterocycles. The molecule has 2 rings (SSSR count). The molecule has 0 amide bonds. The molecule has 0 spiro atoms. The fraction of sp³-hybridized carbons (Fsp3) is 0.708. The molecule has 1 aliphatic heterocycles. The lowest BCUT2D eigenvalue weighted by atomic mass is 9.97. The van der Waals surface area contributed by atoms with E-state index in [1.54, 1.807) is 46.8 Å². The number of benzene rings is 1. The Balaban J connectivity index is 2.05. The first-order valence-electron chi connectivity index (χ1n) is 11.3. The average Bonchev–Trinajstić information content (AvgIpc) is 3.05. The maximum Gasteiger partial charge on any atom is 0.311 e. The third kappa shape index (κ3) is 8.58. The van der Waals surface area contributed by atoms with Gasteiger partial charge in [0.25, 0.3) is 10.1 Å². The van der Waals surface area contributed by atoms with Gasteiger partial charge in [-0.3, -0.25) is 8.98 Å². The van der Waals surface area contributed by atoms with Gasteiger partial charge in [0, 0.05) is 7.11 Å². The van der Waals surface area contributed by atoms with E-state index in [1.165, 1.54) is 19.2 Å². The van der Waals surface area contributed by atoms with E-state index in [0.29, 0.717) is 12.8 Å². The van der Waals surface area contributed by atoms with Crippen molar-refractivity contribution in [2.45, 2.75) is 83.4 Å². The summed E-state index contributed by atoms with van der Waals surface area (Å²) in [5.74, 6) is -1.24. The highest BCUT2D eigenvalue weighted by molar-refractivity contribution is 7.86. The van der Waals surface area contributed by atoms with E-state index in [4.69, 9.17) is 27.9 Å². The molecule has 0 bridgehead atoms. The minimum Gasteiger partial charge on any atom is -0.465 e. The van der Waals surface area contributed by atoms with E-state index in [0.717, 1.165) is 5.56 Å². The molecule has 0 N–H and O–H groups in total. The summed E-state index contributed by atoms with van der Waals surface area (Å²) in [6, 6.07) is 6.42. The quantitative estimate of drug-likeness (QED) is 0.183. The molecule has 1 fully saturated rings. The largest absolute Gasteiger partial charge is 0.465 e. The molecule has 0 aromatic heterocycles. The summed E-state index contributed by atoms with van der Waals surface area (Å²) in [7, 11) is -2.46. The van der Waals surface area contributed by atoms with Crippen molar-refractivity contribution < 1.29 is 41.1 Å². The molecule has 0 unspecified atom stereocenters. The van der Waals surface area contributed by atoms with Crippen molar-refractivity contribution in [3.8, 4) is 0 Å². The Labute approximate surface area is 203 Å². The van der Waals surface area contributed by atoms with E-state index in [2.05, 4.69) is 0 Å². The lowest BCUT2D eigenvalue weighted by molar-refractivity contribution is -0.172. The number of aryl methyl sites for hydroxylation is 1. The Bertz CT molecular complexity index is 888. The molecular formula is C24H38O9S. The Hall–Kier alpha value is -1.56. The maximum absolute atomic E-state index is 12.6. The van der Waals surface area contributed by atoms with Crippen LogP contribution in [-0.2, 0) is 42.8 Å². The summed E-state index contributed by atoms with van der Waals surface area (Å²) in [6.45, 7) is 10.7. The van der Waals surface area contributed by atoms with Crippen molar-refractivity contribution >= 4 is 16.1 Å². The fourth-order valence-corrected chi connectivity index (χ4v) is 4.32. The molecule has 0 aliphatic carbocycles. The summed E-state index contributed by atoms with van der Waals surface area (Å²) in [5, 5.41) is 0. The van der Waals surface area contributed by atoms with Gasteiger partial charge in [0.05, 0.1) is 29.6 Å². The Kier molecular flexibility index (Phi) is 10.1. The zero-order valence-corrected chi connectivity index (χ0v) is 22.0. The number of ether oxygens (including phenoxy) is 5. The number of hydrogen-bond donors (Lipinski definition) is 0. The molecule has 194 valence electrons. The second-order valence-corrected chi connectivity index (χ2v) is 11.4. The van der Waals surface area contributed by atoms with Crippen LogP contribution in [0.4, 0.5) is 0 Å². The summed E-state index contributed by atoms with van der Waals surface area (Å²) < 4.78 is 58.8. The summed E-state index contributed by atoms with van der Waals surface area (Å²) in [4.78, 5) is 12.1. The first-order chi connectivity index (χ1) is 15.7. The zero-order chi connectivity index (χ0) is 25.6. The lowest BCUT2D eigenvalue weighted by Crippen LogP contribution is -2.40. The maximum atomic E-state index is 12.6. The fourth-order valence-electron chi connectivity index (χ4n) is 3.40. The molecule has 1 aromatic rings. The van der Waals surface area contributed by atoms with Crippen molar-refractivity contribution in [3.63, 3.8) is 0 Å². The first kappa shape index (κ1) is 28.7. The number of methoxy groups -OCH3 is 1. The number of esters is 1. The number of carbonyl (C=O) groups is 1. The van der Waals surface area contributed by atoms with Crippen molar-refractivity contribution in [2.24, 2.45) is 5.41 Å². The highest BCUT2D eigenvalue weighted by Crippen LogP contribution is 2.33. The van der Waals surface area contributed by atoms with E-state index in [1.807, 2.05) is 6.92 Å². The van der Waals surface area contributed by atoms with Gasteiger partial charge in [-0.15, -0.1) is 0 Å². The Morgan fingerprint density at radius 2 is 1.79 bits per heavy atom. The molecular weight excluding hydrogens is 464 g/mol. The van der Waals surface area contributed by atoms with Gasteiger partial charge in [-0.2, -0.15) is 8.42 Å². The van der Waals surface area contributed by atoms with Gasteiger partial charge in [0.2, 0.25) is 0 Å². The molecule has 1 aliphatic rings. The van der Waals surface area contributed by atoms with Crippen molar-refractivity contribution in [1.29, 1.82) is 0 Å². The third-order valence-corrected chi connectivity index (χ3v) is 6.46. The minimum atomic E-state index is -3.97.